The first kappa shape index (κ1) is 16.5. The summed E-state index contributed by atoms with van der Waals surface area (Å²) in [6, 6.07) is 14.6. The van der Waals surface area contributed by atoms with Crippen molar-refractivity contribution in [3.8, 4) is 11.8 Å². The van der Waals surface area contributed by atoms with Crippen LogP contribution in [-0.4, -0.2) is 18.1 Å². The molecule has 0 aromatic heterocycles. The highest BCUT2D eigenvalue weighted by Crippen LogP contribution is 2.22. The number of nitriles is 1. The molecule has 5 heteroatoms. The SMILES string of the molecule is COc1ccc(NC(=O)Cc2ccccc2CC#N)cc1CO. The minimum absolute atomic E-state index is 0.169. The fourth-order valence-electron chi connectivity index (χ4n) is 2.35. The zero-order valence-corrected chi connectivity index (χ0v) is 12.9. The second-order valence-corrected chi connectivity index (χ2v) is 5.01. The van der Waals surface area contributed by atoms with Crippen LogP contribution < -0.4 is 10.1 Å². The third-order valence-electron chi connectivity index (χ3n) is 3.47. The third-order valence-corrected chi connectivity index (χ3v) is 3.47. The maximum Gasteiger partial charge on any atom is 0.228 e. The van der Waals surface area contributed by atoms with Gasteiger partial charge in [0, 0.05) is 11.3 Å². The van der Waals surface area contributed by atoms with E-state index in [0.717, 1.165) is 11.1 Å². The van der Waals surface area contributed by atoms with Gasteiger partial charge in [-0.2, -0.15) is 5.26 Å². The van der Waals surface area contributed by atoms with Gasteiger partial charge in [0.25, 0.3) is 0 Å². The Morgan fingerprint density at radius 1 is 1.22 bits per heavy atom. The van der Waals surface area contributed by atoms with Crippen molar-refractivity contribution in [1.82, 2.24) is 0 Å². The first-order valence-corrected chi connectivity index (χ1v) is 7.19. The molecule has 0 heterocycles. The van der Waals surface area contributed by atoms with Crippen molar-refractivity contribution in [3.63, 3.8) is 0 Å². The maximum atomic E-state index is 12.2. The molecule has 5 nitrogen and oxygen atoms in total. The van der Waals surface area contributed by atoms with Crippen LogP contribution >= 0.6 is 0 Å². The van der Waals surface area contributed by atoms with E-state index in [0.29, 0.717) is 17.0 Å². The monoisotopic (exact) mass is 310 g/mol. The number of carbonyl (C=O) groups excluding carboxylic acids is 1. The van der Waals surface area contributed by atoms with Crippen LogP contribution in [0.2, 0.25) is 0 Å². The molecule has 0 radical (unpaired) electrons. The molecule has 0 bridgehead atoms. The van der Waals surface area contributed by atoms with E-state index in [1.165, 1.54) is 7.11 Å². The summed E-state index contributed by atoms with van der Waals surface area (Å²) in [6.45, 7) is -0.169. The smallest absolute Gasteiger partial charge is 0.228 e. The molecule has 1 amide bonds. The standard InChI is InChI=1S/C18H18N2O3/c1-23-17-7-6-16(10-15(17)12-21)20-18(22)11-14-5-3-2-4-13(14)8-9-19/h2-7,10,21H,8,11-12H2,1H3,(H,20,22). The summed E-state index contributed by atoms with van der Waals surface area (Å²) in [5.74, 6) is 0.398. The van der Waals surface area contributed by atoms with Gasteiger partial charge in [-0.3, -0.25) is 4.79 Å². The molecule has 0 atom stereocenters. The number of aliphatic hydroxyl groups excluding tert-OH is 1. The van der Waals surface area contributed by atoms with Gasteiger partial charge in [0.2, 0.25) is 5.91 Å². The zero-order chi connectivity index (χ0) is 16.7. The van der Waals surface area contributed by atoms with Crippen LogP contribution in [-0.2, 0) is 24.2 Å². The van der Waals surface area contributed by atoms with E-state index in [-0.39, 0.29) is 25.4 Å². The molecule has 0 aliphatic rings. The molecule has 23 heavy (non-hydrogen) atoms. The molecular formula is C18H18N2O3. The van der Waals surface area contributed by atoms with Crippen LogP contribution in [0, 0.1) is 11.3 Å². The molecule has 0 saturated heterocycles. The van der Waals surface area contributed by atoms with Crippen LogP contribution in [0.25, 0.3) is 0 Å². The first-order chi connectivity index (χ1) is 11.2. The molecule has 2 rings (SSSR count). The number of hydrogen-bond donors (Lipinski definition) is 2. The predicted molar refractivity (Wildman–Crippen MR) is 87.0 cm³/mol. The van der Waals surface area contributed by atoms with Crippen LogP contribution in [0.4, 0.5) is 5.69 Å². The van der Waals surface area contributed by atoms with Gasteiger partial charge in [0.1, 0.15) is 5.75 Å². The van der Waals surface area contributed by atoms with Crippen molar-refractivity contribution in [1.29, 1.82) is 5.26 Å². The fourth-order valence-corrected chi connectivity index (χ4v) is 2.35. The Kier molecular flexibility index (Phi) is 5.73. The van der Waals surface area contributed by atoms with Crippen molar-refractivity contribution < 1.29 is 14.6 Å². The topological polar surface area (TPSA) is 82.3 Å². The fraction of sp³-hybridized carbons (Fsp3) is 0.222. The molecule has 0 saturated carbocycles. The minimum Gasteiger partial charge on any atom is -0.496 e. The van der Waals surface area contributed by atoms with E-state index in [1.807, 2.05) is 24.3 Å². The zero-order valence-electron chi connectivity index (χ0n) is 12.9. The Morgan fingerprint density at radius 2 is 1.96 bits per heavy atom. The average Bonchev–Trinajstić information content (AvgIpc) is 2.56. The van der Waals surface area contributed by atoms with Gasteiger partial charge >= 0.3 is 0 Å². The number of carbonyl (C=O) groups is 1. The Hall–Kier alpha value is -2.84. The van der Waals surface area contributed by atoms with E-state index in [1.54, 1.807) is 18.2 Å². The van der Waals surface area contributed by atoms with Gasteiger partial charge in [-0.1, -0.05) is 24.3 Å². The lowest BCUT2D eigenvalue weighted by molar-refractivity contribution is -0.115. The summed E-state index contributed by atoms with van der Waals surface area (Å²) in [7, 11) is 1.53. The van der Waals surface area contributed by atoms with Crippen LogP contribution in [0.3, 0.4) is 0 Å². The first-order valence-electron chi connectivity index (χ1n) is 7.19. The molecule has 0 fully saturated rings. The van der Waals surface area contributed by atoms with Gasteiger partial charge < -0.3 is 15.2 Å². The highest BCUT2D eigenvalue weighted by Gasteiger charge is 2.09. The minimum atomic E-state index is -0.176. The van der Waals surface area contributed by atoms with Crippen molar-refractivity contribution >= 4 is 11.6 Å². The van der Waals surface area contributed by atoms with E-state index in [4.69, 9.17) is 10.00 Å². The number of hydrogen-bond acceptors (Lipinski definition) is 4. The number of nitrogens with zero attached hydrogens (tertiary/aromatic N) is 1. The number of anilines is 1. The van der Waals surface area contributed by atoms with Gasteiger partial charge in [-0.25, -0.2) is 0 Å². The Morgan fingerprint density at radius 3 is 2.61 bits per heavy atom. The third kappa shape index (κ3) is 4.31. The summed E-state index contributed by atoms with van der Waals surface area (Å²) >= 11 is 0. The highest BCUT2D eigenvalue weighted by molar-refractivity contribution is 5.92. The Balaban J connectivity index is 2.10. The number of benzene rings is 2. The molecule has 2 aromatic rings. The summed E-state index contributed by atoms with van der Waals surface area (Å²) in [6.07, 6.45) is 0.471. The van der Waals surface area contributed by atoms with Gasteiger partial charge in [-0.15, -0.1) is 0 Å². The van der Waals surface area contributed by atoms with Crippen molar-refractivity contribution in [2.75, 3.05) is 12.4 Å². The summed E-state index contributed by atoms with van der Waals surface area (Å²) in [4.78, 5) is 12.2. The van der Waals surface area contributed by atoms with Gasteiger partial charge in [0.15, 0.2) is 0 Å². The lowest BCUT2D eigenvalue weighted by atomic mass is 10.0. The van der Waals surface area contributed by atoms with Gasteiger partial charge in [0.05, 0.1) is 32.6 Å². The summed E-state index contributed by atoms with van der Waals surface area (Å²) in [5.41, 5.74) is 2.89. The molecule has 118 valence electrons. The molecule has 2 aromatic carbocycles. The lowest BCUT2D eigenvalue weighted by Crippen LogP contribution is -2.15. The summed E-state index contributed by atoms with van der Waals surface area (Å²) < 4.78 is 5.13. The second kappa shape index (κ2) is 7.97. The lowest BCUT2D eigenvalue weighted by Gasteiger charge is -2.11. The number of amides is 1. The highest BCUT2D eigenvalue weighted by atomic mass is 16.5. The van der Waals surface area contributed by atoms with Crippen molar-refractivity contribution in [2.24, 2.45) is 0 Å². The molecule has 2 N–H and O–H groups in total. The molecule has 0 aliphatic heterocycles. The molecule has 0 spiro atoms. The van der Waals surface area contributed by atoms with Crippen LogP contribution in [0.5, 0.6) is 5.75 Å². The normalized spacial score (nSPS) is 9.96. The van der Waals surface area contributed by atoms with E-state index < -0.39 is 0 Å². The number of aliphatic hydroxyl groups is 1. The van der Waals surface area contributed by atoms with E-state index in [9.17, 15) is 9.90 Å². The molecule has 0 unspecified atom stereocenters. The van der Waals surface area contributed by atoms with Crippen molar-refractivity contribution in [2.45, 2.75) is 19.4 Å². The Bertz CT molecular complexity index is 735. The van der Waals surface area contributed by atoms with E-state index >= 15 is 0 Å². The quantitative estimate of drug-likeness (QED) is 0.858. The van der Waals surface area contributed by atoms with Gasteiger partial charge in [-0.05, 0) is 29.3 Å². The van der Waals surface area contributed by atoms with Crippen LogP contribution in [0.1, 0.15) is 16.7 Å². The number of rotatable bonds is 6. The maximum absolute atomic E-state index is 12.2. The average molecular weight is 310 g/mol. The number of methoxy groups -OCH3 is 1. The predicted octanol–water partition coefficient (Wildman–Crippen LogP) is 2.43. The largest absolute Gasteiger partial charge is 0.496 e. The molecule has 0 aliphatic carbocycles. The van der Waals surface area contributed by atoms with Crippen LogP contribution in [0.15, 0.2) is 42.5 Å². The molecular weight excluding hydrogens is 292 g/mol. The van der Waals surface area contributed by atoms with E-state index in [2.05, 4.69) is 11.4 Å². The summed E-state index contributed by atoms with van der Waals surface area (Å²) in [5, 5.41) is 20.9. The number of ether oxygens (including phenoxy) is 1. The Labute approximate surface area is 135 Å². The van der Waals surface area contributed by atoms with Crippen molar-refractivity contribution in [3.05, 3.63) is 59.2 Å². The second-order valence-electron chi connectivity index (χ2n) is 5.01. The number of nitrogens with one attached hydrogen (secondary N) is 1.